The monoisotopic (exact) mass is 348 g/mol. The maximum Gasteiger partial charge on any atom is 0.345 e. The average Bonchev–Trinajstić information content (AvgIpc) is 2.49. The van der Waals surface area contributed by atoms with E-state index in [1.807, 2.05) is 13.8 Å². The van der Waals surface area contributed by atoms with Crippen LogP contribution in [0.3, 0.4) is 0 Å². The van der Waals surface area contributed by atoms with E-state index in [1.165, 1.54) is 6.33 Å². The smallest absolute Gasteiger partial charge is 0.345 e. The molecule has 5 rings (SSSR count). The SMILES string of the molecule is CC(C)Oc1ncnc(NC23CC(N4CCOCC4)(C2)C3)c1C(=O)O. The highest BCUT2D eigenvalue weighted by molar-refractivity contribution is 5.95. The van der Waals surface area contributed by atoms with Crippen LogP contribution in [-0.4, -0.2) is 69.4 Å². The van der Waals surface area contributed by atoms with Crippen molar-refractivity contribution in [1.82, 2.24) is 14.9 Å². The minimum atomic E-state index is -1.08. The molecule has 2 N–H and O–H groups in total. The number of nitrogens with zero attached hydrogens (tertiary/aromatic N) is 3. The Morgan fingerprint density at radius 2 is 2.00 bits per heavy atom. The molecule has 1 aromatic rings. The number of hydrogen-bond donors (Lipinski definition) is 2. The molecule has 4 fully saturated rings. The van der Waals surface area contributed by atoms with E-state index in [4.69, 9.17) is 9.47 Å². The zero-order valence-corrected chi connectivity index (χ0v) is 14.6. The van der Waals surface area contributed by atoms with E-state index >= 15 is 0 Å². The molecule has 136 valence electrons. The lowest BCUT2D eigenvalue weighted by Gasteiger charge is -2.74. The number of aromatic nitrogens is 2. The molecular formula is C17H24N4O4. The highest BCUT2D eigenvalue weighted by Gasteiger charge is 2.70. The summed E-state index contributed by atoms with van der Waals surface area (Å²) in [6.45, 7) is 7.25. The molecular weight excluding hydrogens is 324 g/mol. The average molecular weight is 348 g/mol. The molecule has 0 aromatic carbocycles. The largest absolute Gasteiger partial charge is 0.477 e. The number of carboxylic acids is 1. The molecule has 3 aliphatic carbocycles. The normalized spacial score (nSPS) is 31.2. The number of morpholine rings is 1. The van der Waals surface area contributed by atoms with Gasteiger partial charge in [0.05, 0.1) is 19.3 Å². The van der Waals surface area contributed by atoms with Crippen LogP contribution < -0.4 is 10.1 Å². The van der Waals surface area contributed by atoms with Gasteiger partial charge in [-0.05, 0) is 33.1 Å². The van der Waals surface area contributed by atoms with Crippen LogP contribution in [0.25, 0.3) is 0 Å². The van der Waals surface area contributed by atoms with Crippen molar-refractivity contribution in [3.8, 4) is 5.88 Å². The lowest BCUT2D eigenvalue weighted by atomic mass is 9.43. The molecule has 8 heteroatoms. The van der Waals surface area contributed by atoms with E-state index in [-0.39, 0.29) is 28.6 Å². The summed E-state index contributed by atoms with van der Waals surface area (Å²) in [6, 6.07) is 0. The molecule has 25 heavy (non-hydrogen) atoms. The fraction of sp³-hybridized carbons (Fsp3) is 0.706. The van der Waals surface area contributed by atoms with E-state index < -0.39 is 5.97 Å². The van der Waals surface area contributed by atoms with E-state index in [0.29, 0.717) is 5.82 Å². The second kappa shape index (κ2) is 5.81. The fourth-order valence-electron chi connectivity index (χ4n) is 4.46. The van der Waals surface area contributed by atoms with Gasteiger partial charge in [0.2, 0.25) is 5.88 Å². The minimum absolute atomic E-state index is 0.0151. The van der Waals surface area contributed by atoms with E-state index in [2.05, 4.69) is 20.2 Å². The molecule has 1 aromatic heterocycles. The number of carboxylic acid groups (broad SMARTS) is 1. The van der Waals surface area contributed by atoms with Gasteiger partial charge in [-0.25, -0.2) is 14.8 Å². The molecule has 0 atom stereocenters. The molecule has 4 aliphatic rings. The van der Waals surface area contributed by atoms with Crippen LogP contribution in [0.1, 0.15) is 43.5 Å². The Bertz CT molecular complexity index is 667. The molecule has 1 aliphatic heterocycles. The Balaban J connectivity index is 1.49. The first-order chi connectivity index (χ1) is 11.9. The zero-order valence-electron chi connectivity index (χ0n) is 14.6. The van der Waals surface area contributed by atoms with Crippen molar-refractivity contribution in [2.24, 2.45) is 0 Å². The van der Waals surface area contributed by atoms with Gasteiger partial charge in [-0.2, -0.15) is 0 Å². The lowest BCUT2D eigenvalue weighted by molar-refractivity contribution is -0.172. The first-order valence-electron chi connectivity index (χ1n) is 8.79. The van der Waals surface area contributed by atoms with Gasteiger partial charge in [-0.3, -0.25) is 4.90 Å². The summed E-state index contributed by atoms with van der Waals surface area (Å²) in [5.41, 5.74) is 0.234. The van der Waals surface area contributed by atoms with Crippen molar-refractivity contribution in [2.45, 2.75) is 50.3 Å². The number of nitrogens with one attached hydrogen (secondary N) is 1. The highest BCUT2D eigenvalue weighted by Crippen LogP contribution is 2.64. The quantitative estimate of drug-likeness (QED) is 0.796. The van der Waals surface area contributed by atoms with Gasteiger partial charge in [0.1, 0.15) is 12.1 Å². The Morgan fingerprint density at radius 3 is 2.60 bits per heavy atom. The summed E-state index contributed by atoms with van der Waals surface area (Å²) in [7, 11) is 0. The van der Waals surface area contributed by atoms with Crippen LogP contribution in [0.15, 0.2) is 6.33 Å². The van der Waals surface area contributed by atoms with Crippen LogP contribution in [0.5, 0.6) is 5.88 Å². The summed E-state index contributed by atoms with van der Waals surface area (Å²) < 4.78 is 11.0. The van der Waals surface area contributed by atoms with E-state index in [0.717, 1.165) is 45.6 Å². The Hall–Kier alpha value is -1.93. The molecule has 0 amide bonds. The van der Waals surface area contributed by atoms with E-state index in [1.54, 1.807) is 0 Å². The number of rotatable bonds is 6. The summed E-state index contributed by atoms with van der Waals surface area (Å²) in [4.78, 5) is 22.4. The fourth-order valence-corrected chi connectivity index (χ4v) is 4.46. The third-order valence-electron chi connectivity index (χ3n) is 5.44. The third-order valence-corrected chi connectivity index (χ3v) is 5.44. The Morgan fingerprint density at radius 1 is 1.32 bits per heavy atom. The first kappa shape index (κ1) is 16.5. The predicted octanol–water partition coefficient (Wildman–Crippen LogP) is 1.38. The van der Waals surface area contributed by atoms with Gasteiger partial charge in [-0.1, -0.05) is 0 Å². The highest BCUT2D eigenvalue weighted by atomic mass is 16.5. The van der Waals surface area contributed by atoms with Crippen LogP contribution in [-0.2, 0) is 4.74 Å². The molecule has 0 spiro atoms. The Kier molecular flexibility index (Phi) is 3.84. The van der Waals surface area contributed by atoms with Crippen LogP contribution in [0, 0.1) is 0 Å². The number of anilines is 1. The number of ether oxygens (including phenoxy) is 2. The van der Waals surface area contributed by atoms with Crippen molar-refractivity contribution in [3.05, 3.63) is 11.9 Å². The Labute approximate surface area is 146 Å². The molecule has 3 saturated carbocycles. The number of carbonyl (C=O) groups is 1. The molecule has 0 radical (unpaired) electrons. The molecule has 8 nitrogen and oxygen atoms in total. The van der Waals surface area contributed by atoms with Crippen molar-refractivity contribution in [1.29, 1.82) is 0 Å². The van der Waals surface area contributed by atoms with E-state index in [9.17, 15) is 9.90 Å². The first-order valence-corrected chi connectivity index (χ1v) is 8.79. The zero-order chi connectivity index (χ0) is 17.7. The maximum absolute atomic E-state index is 11.7. The standard InChI is InChI=1S/C17H24N4O4/c1-11(2)25-14-12(15(22)23)13(18-10-19-14)20-16-7-17(8-16,9-16)21-3-5-24-6-4-21/h10-11H,3-9H2,1-2H3,(H,22,23)(H,18,19,20). The van der Waals surface area contributed by atoms with Gasteiger partial charge in [-0.15, -0.1) is 0 Å². The number of hydrogen-bond acceptors (Lipinski definition) is 7. The van der Waals surface area contributed by atoms with Crippen LogP contribution in [0.2, 0.25) is 0 Å². The van der Waals surface area contributed by atoms with Crippen LogP contribution in [0.4, 0.5) is 5.82 Å². The summed E-state index contributed by atoms with van der Waals surface area (Å²) in [6.07, 6.45) is 4.26. The van der Waals surface area contributed by atoms with Gasteiger partial charge < -0.3 is 19.9 Å². The predicted molar refractivity (Wildman–Crippen MR) is 90.1 cm³/mol. The van der Waals surface area contributed by atoms with Gasteiger partial charge in [0.25, 0.3) is 0 Å². The van der Waals surface area contributed by atoms with Crippen molar-refractivity contribution in [2.75, 3.05) is 31.6 Å². The van der Waals surface area contributed by atoms with Crippen molar-refractivity contribution < 1.29 is 19.4 Å². The molecule has 0 unspecified atom stereocenters. The second-order valence-corrected chi connectivity index (χ2v) is 7.63. The lowest BCUT2D eigenvalue weighted by Crippen LogP contribution is -2.82. The minimum Gasteiger partial charge on any atom is -0.477 e. The number of aromatic carboxylic acids is 1. The van der Waals surface area contributed by atoms with Gasteiger partial charge in [0.15, 0.2) is 5.56 Å². The topological polar surface area (TPSA) is 96.8 Å². The van der Waals surface area contributed by atoms with Crippen LogP contribution >= 0.6 is 0 Å². The summed E-state index contributed by atoms with van der Waals surface area (Å²) >= 11 is 0. The van der Waals surface area contributed by atoms with Crippen molar-refractivity contribution >= 4 is 11.8 Å². The van der Waals surface area contributed by atoms with Gasteiger partial charge in [0, 0.05) is 24.2 Å². The summed E-state index contributed by atoms with van der Waals surface area (Å²) in [5.74, 6) is -0.601. The molecule has 1 saturated heterocycles. The molecule has 2 heterocycles. The molecule has 2 bridgehead atoms. The maximum atomic E-state index is 11.7. The van der Waals surface area contributed by atoms with Gasteiger partial charge >= 0.3 is 5.97 Å². The second-order valence-electron chi connectivity index (χ2n) is 7.63. The van der Waals surface area contributed by atoms with Crippen molar-refractivity contribution in [3.63, 3.8) is 0 Å². The summed E-state index contributed by atoms with van der Waals surface area (Å²) in [5, 5.41) is 13.0. The third kappa shape index (κ3) is 2.73.